The molecule has 1 aliphatic heterocycles. The molecule has 0 bridgehead atoms. The topological polar surface area (TPSA) is 76.4 Å². The maximum atomic E-state index is 6.08. The molecule has 1 aliphatic carbocycles. The number of unbranched alkanes of at least 4 members (excludes halogenated alkanes) is 1. The van der Waals surface area contributed by atoms with Gasteiger partial charge in [-0.2, -0.15) is 5.10 Å². The van der Waals surface area contributed by atoms with Crippen LogP contribution in [0.25, 0.3) is 0 Å². The van der Waals surface area contributed by atoms with Crippen LogP contribution < -0.4 is 10.6 Å². The predicted molar refractivity (Wildman–Crippen MR) is 123 cm³/mol. The van der Waals surface area contributed by atoms with Gasteiger partial charge in [-0.1, -0.05) is 27.2 Å². The first-order chi connectivity index (χ1) is 13.0. The smallest absolute Gasteiger partial charge is 0.192 e. The zero-order valence-corrected chi connectivity index (χ0v) is 20.3. The number of rotatable bonds is 7. The van der Waals surface area contributed by atoms with E-state index in [1.807, 2.05) is 11.6 Å². The zero-order chi connectivity index (χ0) is 19.4. The van der Waals surface area contributed by atoms with Crippen molar-refractivity contribution in [2.75, 3.05) is 13.2 Å². The third-order valence-electron chi connectivity index (χ3n) is 5.91. The molecule has 1 aromatic rings. The maximum absolute atomic E-state index is 6.08. The van der Waals surface area contributed by atoms with Gasteiger partial charge in [-0.15, -0.1) is 24.0 Å². The highest BCUT2D eigenvalue weighted by atomic mass is 127. The molecule has 7 nitrogen and oxygen atoms in total. The average Bonchev–Trinajstić information content (AvgIpc) is 3.01. The van der Waals surface area contributed by atoms with Gasteiger partial charge >= 0.3 is 0 Å². The molecule has 1 fully saturated rings. The van der Waals surface area contributed by atoms with Gasteiger partial charge in [0, 0.05) is 31.2 Å². The number of hydrogen-bond donors (Lipinski definition) is 2. The molecule has 1 saturated carbocycles. The van der Waals surface area contributed by atoms with Crippen LogP contribution in [-0.4, -0.2) is 46.0 Å². The third kappa shape index (κ3) is 5.17. The first-order valence-corrected chi connectivity index (χ1v) is 10.6. The third-order valence-corrected chi connectivity index (χ3v) is 5.91. The molecule has 3 unspecified atom stereocenters. The Hall–Kier alpha value is -0.900. The van der Waals surface area contributed by atoms with E-state index in [0.717, 1.165) is 63.0 Å². The zero-order valence-electron chi connectivity index (χ0n) is 18.0. The highest BCUT2D eigenvalue weighted by molar-refractivity contribution is 14.0. The second-order valence-electron chi connectivity index (χ2n) is 8.37. The number of fused-ring (bicyclic) bond motifs is 1. The summed E-state index contributed by atoms with van der Waals surface area (Å²) < 4.78 is 8.12. The van der Waals surface area contributed by atoms with Crippen LogP contribution in [0.2, 0.25) is 0 Å². The fourth-order valence-electron chi connectivity index (χ4n) is 4.01. The molecule has 0 radical (unpaired) electrons. The van der Waals surface area contributed by atoms with Crippen LogP contribution in [0, 0.1) is 12.3 Å². The fraction of sp³-hybridized carbons (Fsp3) is 0.850. The van der Waals surface area contributed by atoms with Crippen molar-refractivity contribution in [3.05, 3.63) is 11.6 Å². The van der Waals surface area contributed by atoms with Gasteiger partial charge in [-0.3, -0.25) is 4.99 Å². The number of aromatic nitrogens is 3. The Balaban J connectivity index is 0.00000280. The van der Waals surface area contributed by atoms with Gasteiger partial charge in [0.1, 0.15) is 11.6 Å². The van der Waals surface area contributed by atoms with Crippen molar-refractivity contribution in [1.82, 2.24) is 25.4 Å². The van der Waals surface area contributed by atoms with Crippen molar-refractivity contribution >= 4 is 29.9 Å². The molecule has 2 aliphatic rings. The molecule has 2 heterocycles. The van der Waals surface area contributed by atoms with Crippen LogP contribution in [-0.2, 0) is 11.3 Å². The van der Waals surface area contributed by atoms with Crippen LogP contribution in [0.1, 0.15) is 77.5 Å². The second kappa shape index (κ2) is 10.2. The number of nitrogens with one attached hydrogen (secondary N) is 2. The summed E-state index contributed by atoms with van der Waals surface area (Å²) in [5, 5.41) is 11.8. The molecule has 0 amide bonds. The minimum Gasteiger partial charge on any atom is -0.378 e. The molecule has 160 valence electrons. The Morgan fingerprint density at radius 1 is 1.32 bits per heavy atom. The first kappa shape index (κ1) is 23.4. The lowest BCUT2D eigenvalue weighted by Gasteiger charge is -2.52. The molecule has 3 atom stereocenters. The lowest BCUT2D eigenvalue weighted by atomic mass is 9.64. The molecule has 8 heteroatoms. The van der Waals surface area contributed by atoms with Crippen molar-refractivity contribution in [1.29, 1.82) is 0 Å². The van der Waals surface area contributed by atoms with Crippen LogP contribution in [0.3, 0.4) is 0 Å². The summed E-state index contributed by atoms with van der Waals surface area (Å²) >= 11 is 0. The van der Waals surface area contributed by atoms with Crippen molar-refractivity contribution in [3.63, 3.8) is 0 Å². The summed E-state index contributed by atoms with van der Waals surface area (Å²) in [6, 6.07) is 0.530. The lowest BCUT2D eigenvalue weighted by molar-refractivity contribution is -0.113. The van der Waals surface area contributed by atoms with Crippen LogP contribution >= 0.6 is 24.0 Å². The van der Waals surface area contributed by atoms with Gasteiger partial charge in [0.2, 0.25) is 0 Å². The van der Waals surface area contributed by atoms with E-state index in [4.69, 9.17) is 4.74 Å². The largest absolute Gasteiger partial charge is 0.378 e. The number of ether oxygens (including phenoxy) is 1. The van der Waals surface area contributed by atoms with Crippen LogP contribution in [0.5, 0.6) is 0 Å². The monoisotopic (exact) mass is 504 g/mol. The fourth-order valence-corrected chi connectivity index (χ4v) is 4.01. The summed E-state index contributed by atoms with van der Waals surface area (Å²) in [4.78, 5) is 9.31. The number of aliphatic imine (C=N–C) groups is 1. The van der Waals surface area contributed by atoms with Crippen LogP contribution in [0.4, 0.5) is 0 Å². The number of hydrogen-bond acceptors (Lipinski definition) is 4. The van der Waals surface area contributed by atoms with E-state index in [9.17, 15) is 0 Å². The first-order valence-electron chi connectivity index (χ1n) is 10.6. The van der Waals surface area contributed by atoms with E-state index in [-0.39, 0.29) is 35.4 Å². The summed E-state index contributed by atoms with van der Waals surface area (Å²) in [5.74, 6) is 2.74. The van der Waals surface area contributed by atoms with E-state index >= 15 is 0 Å². The van der Waals surface area contributed by atoms with E-state index in [1.54, 1.807) is 0 Å². The van der Waals surface area contributed by atoms with E-state index < -0.39 is 0 Å². The molecule has 3 rings (SSSR count). The van der Waals surface area contributed by atoms with Gasteiger partial charge in [0.15, 0.2) is 5.96 Å². The van der Waals surface area contributed by atoms with Crippen LogP contribution in [0.15, 0.2) is 4.99 Å². The van der Waals surface area contributed by atoms with Crippen molar-refractivity contribution in [2.24, 2.45) is 10.4 Å². The Morgan fingerprint density at radius 2 is 2.11 bits per heavy atom. The molecular formula is C20H37IN6O. The number of nitrogens with zero attached hydrogens (tertiary/aromatic N) is 4. The van der Waals surface area contributed by atoms with Crippen molar-refractivity contribution in [2.45, 2.75) is 91.5 Å². The van der Waals surface area contributed by atoms with E-state index in [2.05, 4.69) is 53.4 Å². The van der Waals surface area contributed by atoms with Gasteiger partial charge < -0.3 is 15.4 Å². The normalized spacial score (nSPS) is 26.0. The molecule has 1 aromatic heterocycles. The Morgan fingerprint density at radius 3 is 2.79 bits per heavy atom. The molecule has 0 spiro atoms. The second-order valence-corrected chi connectivity index (χ2v) is 8.37. The lowest BCUT2D eigenvalue weighted by Crippen LogP contribution is -2.63. The molecule has 2 N–H and O–H groups in total. The Kier molecular flexibility index (Phi) is 8.54. The SMILES string of the molecule is CCCCOC1CC(NC(=NCC)NC2CCCn3nc(C)nc32)C1(C)C.I. The van der Waals surface area contributed by atoms with E-state index in [0.29, 0.717) is 12.1 Å². The van der Waals surface area contributed by atoms with Gasteiger partial charge in [0.05, 0.1) is 12.1 Å². The van der Waals surface area contributed by atoms with E-state index in [1.165, 1.54) is 6.42 Å². The molecular weight excluding hydrogens is 467 g/mol. The Bertz CT molecular complexity index is 659. The number of guanidine groups is 1. The minimum atomic E-state index is 0. The van der Waals surface area contributed by atoms with Gasteiger partial charge in [-0.25, -0.2) is 9.67 Å². The summed E-state index contributed by atoms with van der Waals surface area (Å²) in [6.07, 6.45) is 5.83. The Labute approximate surface area is 186 Å². The molecule has 0 aromatic carbocycles. The standard InChI is InChI=1S/C20H36N6O.HI/c1-6-8-12-27-17-13-16(20(17,4)5)24-19(21-7-2)23-15-10-9-11-26-18(15)22-14(3)25-26;/h15-17H,6-13H2,1-5H3,(H2,21,23,24);1H. The summed E-state index contributed by atoms with van der Waals surface area (Å²) in [7, 11) is 0. The quantitative estimate of drug-likeness (QED) is 0.257. The highest BCUT2D eigenvalue weighted by Gasteiger charge is 2.49. The summed E-state index contributed by atoms with van der Waals surface area (Å²) in [6.45, 7) is 13.4. The number of aryl methyl sites for hydroxylation is 2. The van der Waals surface area contributed by atoms with Gasteiger partial charge in [-0.05, 0) is 39.5 Å². The minimum absolute atomic E-state index is 0. The summed E-state index contributed by atoms with van der Waals surface area (Å²) in [5.41, 5.74) is 0.104. The van der Waals surface area contributed by atoms with Gasteiger partial charge in [0.25, 0.3) is 0 Å². The predicted octanol–water partition coefficient (Wildman–Crippen LogP) is 3.58. The molecule has 28 heavy (non-hydrogen) atoms. The van der Waals surface area contributed by atoms with Crippen molar-refractivity contribution < 1.29 is 4.74 Å². The number of halogens is 1. The highest BCUT2D eigenvalue weighted by Crippen LogP contribution is 2.42. The maximum Gasteiger partial charge on any atom is 0.192 e. The average molecular weight is 504 g/mol. The molecule has 0 saturated heterocycles. The van der Waals surface area contributed by atoms with Crippen molar-refractivity contribution in [3.8, 4) is 0 Å².